The topological polar surface area (TPSA) is 67.6 Å². The number of nitrogens with one attached hydrogen (secondary N) is 1. The molecule has 3 aromatic carbocycles. The predicted molar refractivity (Wildman–Crippen MR) is 149 cm³/mol. The van der Waals surface area contributed by atoms with E-state index in [2.05, 4.69) is 4.72 Å². The number of fused-ring (bicyclic) bond motifs is 1. The molecule has 3 N–H and O–H groups in total. The number of hydrogen-bond donors (Lipinski definition) is 2. The smallest absolute Gasteiger partial charge is 0.416 e. The van der Waals surface area contributed by atoms with Crippen LogP contribution in [0.25, 0.3) is 10.8 Å². The molecule has 1 saturated heterocycles. The van der Waals surface area contributed by atoms with Crippen molar-refractivity contribution >= 4 is 28.6 Å². The molecule has 2 fully saturated rings. The lowest BCUT2D eigenvalue weighted by Crippen LogP contribution is -2.55. The number of halogens is 5. The Balaban J connectivity index is 1.35. The van der Waals surface area contributed by atoms with Crippen LogP contribution >= 0.6 is 11.9 Å². The van der Waals surface area contributed by atoms with Crippen LogP contribution in [0.5, 0.6) is 5.75 Å². The maximum Gasteiger partial charge on any atom is 0.416 e. The fourth-order valence-corrected chi connectivity index (χ4v) is 6.12. The molecule has 41 heavy (non-hydrogen) atoms. The summed E-state index contributed by atoms with van der Waals surface area (Å²) < 4.78 is 79.5. The lowest BCUT2D eigenvalue weighted by molar-refractivity contribution is -0.145. The zero-order valence-electron chi connectivity index (χ0n) is 22.3. The summed E-state index contributed by atoms with van der Waals surface area (Å²) in [5, 5.41) is 1.80. The van der Waals surface area contributed by atoms with E-state index in [1.165, 1.54) is 17.7 Å². The SMILES string of the molecule is NC1CCN(C(=O)C(NSc2ccc3cc(OC4CCCC4)ccc3c2)C(F)(F)c2ccc(C(F)(F)F)cc2)CC1. The third kappa shape index (κ3) is 6.95. The van der Waals surface area contributed by atoms with Crippen LogP contribution in [-0.2, 0) is 16.9 Å². The van der Waals surface area contributed by atoms with Gasteiger partial charge >= 0.3 is 6.18 Å². The number of nitrogens with zero attached hydrogens (tertiary/aromatic N) is 1. The summed E-state index contributed by atoms with van der Waals surface area (Å²) >= 11 is 0.882. The first kappa shape index (κ1) is 29.6. The van der Waals surface area contributed by atoms with E-state index >= 15 is 8.78 Å². The first-order valence-electron chi connectivity index (χ1n) is 13.7. The van der Waals surface area contributed by atoms with Crippen molar-refractivity contribution in [3.05, 3.63) is 71.8 Å². The first-order valence-corrected chi connectivity index (χ1v) is 14.5. The Morgan fingerprint density at radius 3 is 2.15 bits per heavy atom. The van der Waals surface area contributed by atoms with Gasteiger partial charge in [0.15, 0.2) is 6.04 Å². The van der Waals surface area contributed by atoms with Gasteiger partial charge in [0.05, 0.1) is 11.7 Å². The highest BCUT2D eigenvalue weighted by atomic mass is 32.2. The van der Waals surface area contributed by atoms with Gasteiger partial charge in [0.25, 0.3) is 5.92 Å². The van der Waals surface area contributed by atoms with Crippen LogP contribution in [0.3, 0.4) is 0 Å². The largest absolute Gasteiger partial charge is 0.490 e. The molecule has 3 aromatic rings. The molecule has 1 unspecified atom stereocenters. The van der Waals surface area contributed by atoms with Crippen molar-refractivity contribution in [2.45, 2.75) is 73.7 Å². The monoisotopic (exact) mass is 593 g/mol. The van der Waals surface area contributed by atoms with E-state index < -0.39 is 35.2 Å². The molecule has 1 amide bonds. The van der Waals surface area contributed by atoms with E-state index in [-0.39, 0.29) is 25.2 Å². The van der Waals surface area contributed by atoms with Gasteiger partial charge in [-0.15, -0.1) is 0 Å². The van der Waals surface area contributed by atoms with Crippen molar-refractivity contribution in [1.82, 2.24) is 9.62 Å². The van der Waals surface area contributed by atoms with Crippen LogP contribution in [0.2, 0.25) is 0 Å². The van der Waals surface area contributed by atoms with E-state index in [1.807, 2.05) is 30.3 Å². The standard InChI is InChI=1S/C30H32F5N3O2S/c31-29(32,21-7-9-22(10-8-21)30(33,34)35)27(28(39)38-15-13-23(36)14-16-38)37-41-26-12-6-19-17-25(11-5-20(19)18-26)40-24-3-1-2-4-24/h5-12,17-18,23-24,27,37H,1-4,13-16,36H2. The molecule has 11 heteroatoms. The third-order valence-electron chi connectivity index (χ3n) is 7.74. The molecule has 1 atom stereocenters. The summed E-state index contributed by atoms with van der Waals surface area (Å²) in [7, 11) is 0. The zero-order valence-corrected chi connectivity index (χ0v) is 23.1. The number of ether oxygens (including phenoxy) is 1. The van der Waals surface area contributed by atoms with E-state index in [9.17, 15) is 18.0 Å². The van der Waals surface area contributed by atoms with Crippen molar-refractivity contribution in [2.75, 3.05) is 13.1 Å². The lowest BCUT2D eigenvalue weighted by Gasteiger charge is -2.35. The van der Waals surface area contributed by atoms with Crippen molar-refractivity contribution in [3.63, 3.8) is 0 Å². The van der Waals surface area contributed by atoms with Gasteiger partial charge in [0.2, 0.25) is 5.91 Å². The Morgan fingerprint density at radius 1 is 0.878 bits per heavy atom. The lowest BCUT2D eigenvalue weighted by atomic mass is 9.97. The Hall–Kier alpha value is -2.89. The minimum absolute atomic E-state index is 0.114. The summed E-state index contributed by atoms with van der Waals surface area (Å²) in [5.74, 6) is -3.84. The number of carbonyl (C=O) groups excluding carboxylic acids is 1. The van der Waals surface area contributed by atoms with E-state index in [0.717, 1.165) is 53.4 Å². The fourth-order valence-electron chi connectivity index (χ4n) is 5.29. The average molecular weight is 594 g/mol. The van der Waals surface area contributed by atoms with Crippen LogP contribution < -0.4 is 15.2 Å². The number of rotatable bonds is 8. The second-order valence-electron chi connectivity index (χ2n) is 10.7. The minimum Gasteiger partial charge on any atom is -0.490 e. The molecule has 1 heterocycles. The second kappa shape index (κ2) is 12.1. The maximum absolute atomic E-state index is 15.9. The predicted octanol–water partition coefficient (Wildman–Crippen LogP) is 6.89. The molecule has 5 nitrogen and oxygen atoms in total. The molecule has 0 spiro atoms. The molecule has 0 radical (unpaired) electrons. The minimum atomic E-state index is -4.66. The number of alkyl halides is 5. The van der Waals surface area contributed by atoms with Gasteiger partial charge in [-0.2, -0.15) is 22.0 Å². The van der Waals surface area contributed by atoms with Gasteiger partial charge in [-0.1, -0.05) is 24.3 Å². The fraction of sp³-hybridized carbons (Fsp3) is 0.433. The van der Waals surface area contributed by atoms with Crippen molar-refractivity contribution in [1.29, 1.82) is 0 Å². The third-order valence-corrected chi connectivity index (χ3v) is 8.58. The van der Waals surface area contributed by atoms with Crippen LogP contribution in [0.4, 0.5) is 22.0 Å². The normalized spacial score (nSPS) is 18.1. The second-order valence-corrected chi connectivity index (χ2v) is 11.6. The number of nitrogens with two attached hydrogens (primary N) is 1. The Kier molecular flexibility index (Phi) is 8.77. The Bertz CT molecular complexity index is 1350. The Labute approximate surface area is 239 Å². The van der Waals surface area contributed by atoms with Crippen LogP contribution in [-0.4, -0.2) is 42.1 Å². The van der Waals surface area contributed by atoms with Gasteiger partial charge in [-0.05, 0) is 97.6 Å². The van der Waals surface area contributed by atoms with Gasteiger partial charge < -0.3 is 15.4 Å². The number of likely N-dealkylation sites (tertiary alicyclic amines) is 1. The molecule has 2 aliphatic rings. The molecule has 1 aliphatic carbocycles. The summed E-state index contributed by atoms with van der Waals surface area (Å²) in [5.41, 5.74) is 4.20. The number of hydrogen-bond acceptors (Lipinski definition) is 5. The molecule has 220 valence electrons. The summed E-state index contributed by atoms with van der Waals surface area (Å²) in [6.45, 7) is 0.459. The van der Waals surface area contributed by atoms with Crippen molar-refractivity contribution in [3.8, 4) is 5.75 Å². The average Bonchev–Trinajstić information content (AvgIpc) is 3.46. The van der Waals surface area contributed by atoms with Crippen LogP contribution in [0.15, 0.2) is 65.6 Å². The number of benzene rings is 3. The number of carbonyl (C=O) groups is 1. The molecular weight excluding hydrogens is 561 g/mol. The number of amides is 1. The summed E-state index contributed by atoms with van der Waals surface area (Å²) in [6, 6.07) is 11.7. The highest BCUT2D eigenvalue weighted by molar-refractivity contribution is 7.97. The van der Waals surface area contributed by atoms with Gasteiger partial charge in [-0.3, -0.25) is 4.79 Å². The van der Waals surface area contributed by atoms with E-state index in [1.54, 1.807) is 6.07 Å². The molecule has 5 rings (SSSR count). The van der Waals surface area contributed by atoms with E-state index in [0.29, 0.717) is 29.9 Å². The highest BCUT2D eigenvalue weighted by Gasteiger charge is 2.48. The Morgan fingerprint density at radius 2 is 1.49 bits per heavy atom. The maximum atomic E-state index is 15.9. The highest BCUT2D eigenvalue weighted by Crippen LogP contribution is 2.38. The van der Waals surface area contributed by atoms with Crippen molar-refractivity contribution in [2.24, 2.45) is 5.73 Å². The van der Waals surface area contributed by atoms with Crippen LogP contribution in [0, 0.1) is 0 Å². The van der Waals surface area contributed by atoms with Gasteiger partial charge in [0, 0.05) is 29.6 Å². The quantitative estimate of drug-likeness (QED) is 0.220. The van der Waals surface area contributed by atoms with Gasteiger partial charge in [-0.25, -0.2) is 4.72 Å². The first-order chi connectivity index (χ1) is 19.5. The van der Waals surface area contributed by atoms with Crippen LogP contribution in [0.1, 0.15) is 49.7 Å². The molecule has 0 bridgehead atoms. The number of piperidine rings is 1. The van der Waals surface area contributed by atoms with Gasteiger partial charge in [0.1, 0.15) is 5.75 Å². The van der Waals surface area contributed by atoms with Crippen molar-refractivity contribution < 1.29 is 31.5 Å². The molecular formula is C30H32F5N3O2S. The van der Waals surface area contributed by atoms with E-state index in [4.69, 9.17) is 10.5 Å². The zero-order chi connectivity index (χ0) is 29.2. The molecule has 0 aromatic heterocycles. The summed E-state index contributed by atoms with van der Waals surface area (Å²) in [6.07, 6.45) is 0.938. The molecule has 1 aliphatic heterocycles. The molecule has 1 saturated carbocycles. The summed E-state index contributed by atoms with van der Waals surface area (Å²) in [4.78, 5) is 15.3.